The van der Waals surface area contributed by atoms with E-state index in [9.17, 15) is 19.2 Å². The van der Waals surface area contributed by atoms with Crippen LogP contribution < -0.4 is 5.73 Å². The average molecular weight is 281 g/mol. The van der Waals surface area contributed by atoms with Crippen molar-refractivity contribution in [3.05, 3.63) is 34.9 Å². The van der Waals surface area contributed by atoms with Crippen molar-refractivity contribution in [1.82, 2.24) is 0 Å². The van der Waals surface area contributed by atoms with E-state index in [2.05, 4.69) is 4.74 Å². The van der Waals surface area contributed by atoms with Gasteiger partial charge in [-0.15, -0.1) is 0 Å². The molecule has 1 unspecified atom stereocenters. The molecule has 8 heteroatoms. The summed E-state index contributed by atoms with van der Waals surface area (Å²) < 4.78 is 4.30. The van der Waals surface area contributed by atoms with Crippen molar-refractivity contribution in [3.8, 4) is 0 Å². The SMILES string of the molecule is CC(N)C(=O)O.O=C(O)c1ccc2c(c1)C(=O)OC2=O. The highest BCUT2D eigenvalue weighted by atomic mass is 16.6. The largest absolute Gasteiger partial charge is 0.480 e. The first-order valence-corrected chi connectivity index (χ1v) is 5.36. The third-order valence-electron chi connectivity index (χ3n) is 2.28. The molecule has 1 aromatic rings. The van der Waals surface area contributed by atoms with Gasteiger partial charge in [0.25, 0.3) is 0 Å². The first-order chi connectivity index (χ1) is 9.23. The van der Waals surface area contributed by atoms with E-state index < -0.39 is 29.9 Å². The zero-order chi connectivity index (χ0) is 15.4. The van der Waals surface area contributed by atoms with Crippen LogP contribution in [0.3, 0.4) is 0 Å². The van der Waals surface area contributed by atoms with Gasteiger partial charge < -0.3 is 20.7 Å². The smallest absolute Gasteiger partial charge is 0.346 e. The highest BCUT2D eigenvalue weighted by molar-refractivity contribution is 6.15. The van der Waals surface area contributed by atoms with E-state index in [1.165, 1.54) is 19.1 Å². The fourth-order valence-electron chi connectivity index (χ4n) is 1.22. The Kier molecular flexibility index (Phi) is 4.54. The number of carboxylic acid groups (broad SMARTS) is 2. The molecule has 0 radical (unpaired) electrons. The molecule has 0 saturated heterocycles. The third kappa shape index (κ3) is 3.39. The molecule has 1 heterocycles. The van der Waals surface area contributed by atoms with Crippen molar-refractivity contribution in [3.63, 3.8) is 0 Å². The Morgan fingerprint density at radius 3 is 2.10 bits per heavy atom. The second-order valence-corrected chi connectivity index (χ2v) is 3.87. The number of rotatable bonds is 2. The molecule has 0 saturated carbocycles. The lowest BCUT2D eigenvalue weighted by Gasteiger charge is -1.94. The monoisotopic (exact) mass is 281 g/mol. The number of benzene rings is 1. The number of fused-ring (bicyclic) bond motifs is 1. The van der Waals surface area contributed by atoms with Gasteiger partial charge in [0.15, 0.2) is 0 Å². The Morgan fingerprint density at radius 2 is 1.65 bits per heavy atom. The van der Waals surface area contributed by atoms with Gasteiger partial charge >= 0.3 is 23.9 Å². The first kappa shape index (κ1) is 15.3. The number of carbonyl (C=O) groups is 4. The summed E-state index contributed by atoms with van der Waals surface area (Å²) >= 11 is 0. The molecule has 106 valence electrons. The van der Waals surface area contributed by atoms with E-state index in [1.807, 2.05) is 0 Å². The standard InChI is InChI=1S/C9H4O5.C3H7NO2/c10-7(11)4-1-2-5-6(3-4)9(13)14-8(5)12;1-2(4)3(5)6/h1-3H,(H,10,11);2H,4H2,1H3,(H,5,6). The molecule has 2 rings (SSSR count). The van der Waals surface area contributed by atoms with Crippen LogP contribution in [0.5, 0.6) is 0 Å². The lowest BCUT2D eigenvalue weighted by Crippen LogP contribution is -2.25. The van der Waals surface area contributed by atoms with Gasteiger partial charge in [0.2, 0.25) is 0 Å². The van der Waals surface area contributed by atoms with Crippen molar-refractivity contribution in [1.29, 1.82) is 0 Å². The highest BCUT2D eigenvalue weighted by Crippen LogP contribution is 2.20. The van der Waals surface area contributed by atoms with E-state index in [4.69, 9.17) is 15.9 Å². The van der Waals surface area contributed by atoms with Crippen LogP contribution in [0.4, 0.5) is 0 Å². The maximum Gasteiger partial charge on any atom is 0.346 e. The first-order valence-electron chi connectivity index (χ1n) is 5.36. The Bertz CT molecular complexity index is 591. The fourth-order valence-corrected chi connectivity index (χ4v) is 1.22. The minimum absolute atomic E-state index is 0.00917. The number of cyclic esters (lactones) is 2. The Labute approximate surface area is 112 Å². The lowest BCUT2D eigenvalue weighted by atomic mass is 10.1. The topological polar surface area (TPSA) is 144 Å². The van der Waals surface area contributed by atoms with Crippen LogP contribution in [0.2, 0.25) is 0 Å². The number of carbonyl (C=O) groups excluding carboxylic acids is 2. The Balaban J connectivity index is 0.000000286. The molecule has 1 aliphatic rings. The summed E-state index contributed by atoms with van der Waals surface area (Å²) in [7, 11) is 0. The van der Waals surface area contributed by atoms with Crippen LogP contribution in [0, 0.1) is 0 Å². The summed E-state index contributed by atoms with van der Waals surface area (Å²) in [6.07, 6.45) is 0. The second kappa shape index (κ2) is 5.93. The zero-order valence-corrected chi connectivity index (χ0v) is 10.3. The number of nitrogens with two attached hydrogens (primary N) is 1. The molecule has 4 N–H and O–H groups in total. The normalized spacial score (nSPS) is 13.7. The van der Waals surface area contributed by atoms with Gasteiger partial charge in [0.05, 0.1) is 16.7 Å². The van der Waals surface area contributed by atoms with Crippen molar-refractivity contribution < 1.29 is 34.1 Å². The summed E-state index contributed by atoms with van der Waals surface area (Å²) in [6, 6.07) is 2.92. The number of carboxylic acids is 2. The van der Waals surface area contributed by atoms with Gasteiger partial charge in [-0.25, -0.2) is 14.4 Å². The Hall–Kier alpha value is -2.74. The molecular formula is C12H11NO7. The molecule has 1 aliphatic heterocycles. The molecule has 1 atom stereocenters. The maximum atomic E-state index is 11.0. The van der Waals surface area contributed by atoms with Crippen molar-refractivity contribution >= 4 is 23.9 Å². The maximum absolute atomic E-state index is 11.0. The van der Waals surface area contributed by atoms with Crippen LogP contribution in [0.1, 0.15) is 38.0 Å². The minimum Gasteiger partial charge on any atom is -0.480 e. The van der Waals surface area contributed by atoms with E-state index in [0.29, 0.717) is 0 Å². The molecule has 0 aromatic heterocycles. The minimum atomic E-state index is -1.15. The zero-order valence-electron chi connectivity index (χ0n) is 10.3. The van der Waals surface area contributed by atoms with E-state index in [1.54, 1.807) is 0 Å². The fraction of sp³-hybridized carbons (Fsp3) is 0.167. The summed E-state index contributed by atoms with van der Waals surface area (Å²) in [5, 5.41) is 16.5. The molecule has 0 aliphatic carbocycles. The van der Waals surface area contributed by atoms with Crippen LogP contribution in [0.25, 0.3) is 0 Å². The number of hydrogen-bond donors (Lipinski definition) is 3. The second-order valence-electron chi connectivity index (χ2n) is 3.87. The highest BCUT2D eigenvalue weighted by Gasteiger charge is 2.30. The van der Waals surface area contributed by atoms with Gasteiger partial charge in [-0.05, 0) is 25.1 Å². The van der Waals surface area contributed by atoms with Crippen LogP contribution in [0.15, 0.2) is 18.2 Å². The molecule has 20 heavy (non-hydrogen) atoms. The van der Waals surface area contributed by atoms with Gasteiger partial charge in [-0.3, -0.25) is 4.79 Å². The molecule has 8 nitrogen and oxygen atoms in total. The molecule has 0 spiro atoms. The van der Waals surface area contributed by atoms with E-state index >= 15 is 0 Å². The average Bonchev–Trinajstić information content (AvgIpc) is 2.65. The van der Waals surface area contributed by atoms with Crippen LogP contribution >= 0.6 is 0 Å². The summed E-state index contributed by atoms with van der Waals surface area (Å²) in [5.74, 6) is -3.65. The Morgan fingerprint density at radius 1 is 1.15 bits per heavy atom. The van der Waals surface area contributed by atoms with E-state index in [0.717, 1.165) is 6.07 Å². The number of esters is 2. The third-order valence-corrected chi connectivity index (χ3v) is 2.28. The predicted octanol–water partition coefficient (Wildman–Crippen LogP) is 0.114. The van der Waals surface area contributed by atoms with Crippen molar-refractivity contribution in [2.45, 2.75) is 13.0 Å². The van der Waals surface area contributed by atoms with Gasteiger partial charge in [0, 0.05) is 0 Å². The van der Waals surface area contributed by atoms with Crippen molar-refractivity contribution in [2.24, 2.45) is 5.73 Å². The summed E-state index contributed by atoms with van der Waals surface area (Å²) in [6.45, 7) is 1.42. The molecule has 0 amide bonds. The summed E-state index contributed by atoms with van der Waals surface area (Å²) in [4.78, 5) is 42.1. The van der Waals surface area contributed by atoms with Gasteiger partial charge in [0.1, 0.15) is 6.04 Å². The summed E-state index contributed by atoms with van der Waals surface area (Å²) in [5.41, 5.74) is 4.91. The van der Waals surface area contributed by atoms with Crippen LogP contribution in [-0.4, -0.2) is 40.1 Å². The van der Waals surface area contributed by atoms with Crippen LogP contribution in [-0.2, 0) is 9.53 Å². The molecule has 0 bridgehead atoms. The number of hydrogen-bond acceptors (Lipinski definition) is 6. The number of aliphatic carboxylic acids is 1. The van der Waals surface area contributed by atoms with E-state index in [-0.39, 0.29) is 16.7 Å². The number of aromatic carboxylic acids is 1. The van der Waals surface area contributed by atoms with Gasteiger partial charge in [-0.2, -0.15) is 0 Å². The molecule has 1 aromatic carbocycles. The molecule has 0 fully saturated rings. The lowest BCUT2D eigenvalue weighted by molar-refractivity contribution is -0.138. The number of ether oxygens (including phenoxy) is 1. The van der Waals surface area contributed by atoms with Gasteiger partial charge in [-0.1, -0.05) is 0 Å². The predicted molar refractivity (Wildman–Crippen MR) is 64.4 cm³/mol. The quantitative estimate of drug-likeness (QED) is 0.511. The molecular weight excluding hydrogens is 270 g/mol. The van der Waals surface area contributed by atoms with Crippen molar-refractivity contribution in [2.75, 3.05) is 0 Å².